The van der Waals surface area contributed by atoms with Crippen LogP contribution in [-0.4, -0.2) is 44.8 Å². The molecule has 1 fully saturated rings. The third-order valence-electron chi connectivity index (χ3n) is 5.05. The Morgan fingerprint density at radius 1 is 1.04 bits per heavy atom. The molecule has 0 N–H and O–H groups in total. The monoisotopic (exact) mass is 376 g/mol. The number of amides is 1. The lowest BCUT2D eigenvalue weighted by atomic mass is 10.1. The third-order valence-corrected chi connectivity index (χ3v) is 5.05. The molecule has 6 heteroatoms. The molecule has 0 radical (unpaired) electrons. The van der Waals surface area contributed by atoms with E-state index in [9.17, 15) is 4.79 Å². The van der Waals surface area contributed by atoms with Crippen LogP contribution in [0.15, 0.2) is 54.9 Å². The first-order valence-corrected chi connectivity index (χ1v) is 9.60. The second kappa shape index (κ2) is 7.84. The Hall–Kier alpha value is -3.15. The van der Waals surface area contributed by atoms with E-state index in [1.54, 1.807) is 12.4 Å². The highest BCUT2D eigenvalue weighted by molar-refractivity contribution is 5.94. The van der Waals surface area contributed by atoms with E-state index in [0.29, 0.717) is 18.7 Å². The number of piperidine rings is 1. The molecule has 3 heterocycles. The van der Waals surface area contributed by atoms with Crippen molar-refractivity contribution in [2.45, 2.75) is 32.8 Å². The Labute approximate surface area is 164 Å². The van der Waals surface area contributed by atoms with Crippen molar-refractivity contribution in [1.82, 2.24) is 19.7 Å². The summed E-state index contributed by atoms with van der Waals surface area (Å²) in [6.07, 6.45) is 5.25. The van der Waals surface area contributed by atoms with Gasteiger partial charge in [0.2, 0.25) is 0 Å². The van der Waals surface area contributed by atoms with Gasteiger partial charge in [0.05, 0.1) is 11.4 Å². The number of aryl methyl sites for hydroxylation is 2. The summed E-state index contributed by atoms with van der Waals surface area (Å²) in [4.78, 5) is 18.7. The van der Waals surface area contributed by atoms with Crippen LogP contribution in [0, 0.1) is 13.8 Å². The molecule has 0 aliphatic carbocycles. The minimum absolute atomic E-state index is 0.0716. The number of carbonyl (C=O) groups is 1. The Balaban J connectivity index is 1.37. The number of benzene rings is 1. The lowest BCUT2D eigenvalue weighted by Crippen LogP contribution is -2.41. The molecule has 0 saturated carbocycles. The van der Waals surface area contributed by atoms with Crippen molar-refractivity contribution in [3.63, 3.8) is 0 Å². The molecule has 1 amide bonds. The van der Waals surface area contributed by atoms with Gasteiger partial charge in [0.25, 0.3) is 5.91 Å². The lowest BCUT2D eigenvalue weighted by Gasteiger charge is -2.32. The second-order valence-electron chi connectivity index (χ2n) is 7.18. The molecule has 28 heavy (non-hydrogen) atoms. The van der Waals surface area contributed by atoms with E-state index < -0.39 is 0 Å². The van der Waals surface area contributed by atoms with Gasteiger partial charge in [-0.3, -0.25) is 9.78 Å². The minimum atomic E-state index is 0.0716. The number of ether oxygens (including phenoxy) is 1. The maximum Gasteiger partial charge on any atom is 0.253 e. The topological polar surface area (TPSA) is 60.2 Å². The van der Waals surface area contributed by atoms with Gasteiger partial charge >= 0.3 is 0 Å². The first-order chi connectivity index (χ1) is 13.6. The fourth-order valence-corrected chi connectivity index (χ4v) is 3.60. The second-order valence-corrected chi connectivity index (χ2v) is 7.18. The molecule has 1 aromatic carbocycles. The normalized spacial score (nSPS) is 14.9. The number of aromatic nitrogens is 3. The van der Waals surface area contributed by atoms with Crippen molar-refractivity contribution in [2.24, 2.45) is 0 Å². The van der Waals surface area contributed by atoms with Gasteiger partial charge in [0, 0.05) is 49.6 Å². The summed E-state index contributed by atoms with van der Waals surface area (Å²) in [5, 5.41) is 4.49. The summed E-state index contributed by atoms with van der Waals surface area (Å²) < 4.78 is 7.87. The Bertz CT molecular complexity index is 942. The molecule has 0 atom stereocenters. The van der Waals surface area contributed by atoms with Crippen molar-refractivity contribution >= 4 is 5.91 Å². The van der Waals surface area contributed by atoms with Crippen molar-refractivity contribution in [3.8, 4) is 11.4 Å². The van der Waals surface area contributed by atoms with Gasteiger partial charge in [-0.05, 0) is 56.3 Å². The molecular formula is C22H24N4O2. The predicted octanol–water partition coefficient (Wildman–Crippen LogP) is 3.57. The zero-order chi connectivity index (χ0) is 19.5. The van der Waals surface area contributed by atoms with E-state index in [1.807, 2.05) is 65.9 Å². The average Bonchev–Trinajstić information content (AvgIpc) is 3.07. The van der Waals surface area contributed by atoms with Crippen LogP contribution in [0.25, 0.3) is 5.69 Å². The zero-order valence-electron chi connectivity index (χ0n) is 16.2. The molecule has 1 aliphatic heterocycles. The third kappa shape index (κ3) is 3.91. The van der Waals surface area contributed by atoms with E-state index >= 15 is 0 Å². The number of hydrogen-bond donors (Lipinski definition) is 0. The van der Waals surface area contributed by atoms with Gasteiger partial charge < -0.3 is 9.64 Å². The van der Waals surface area contributed by atoms with Crippen molar-refractivity contribution in [3.05, 3.63) is 71.8 Å². The molecule has 144 valence electrons. The molecule has 6 nitrogen and oxygen atoms in total. The largest absolute Gasteiger partial charge is 0.490 e. The summed E-state index contributed by atoms with van der Waals surface area (Å²) in [6, 6.07) is 13.4. The van der Waals surface area contributed by atoms with Gasteiger partial charge in [-0.2, -0.15) is 5.10 Å². The highest BCUT2D eigenvalue weighted by Gasteiger charge is 2.24. The van der Waals surface area contributed by atoms with Crippen LogP contribution in [0.3, 0.4) is 0 Å². The van der Waals surface area contributed by atoms with Crippen LogP contribution in [0.2, 0.25) is 0 Å². The Morgan fingerprint density at radius 2 is 1.71 bits per heavy atom. The number of carbonyl (C=O) groups excluding carboxylic acids is 1. The van der Waals surface area contributed by atoms with E-state index in [4.69, 9.17) is 4.74 Å². The Morgan fingerprint density at radius 3 is 2.32 bits per heavy atom. The summed E-state index contributed by atoms with van der Waals surface area (Å²) in [5.74, 6) is 0.904. The van der Waals surface area contributed by atoms with Crippen molar-refractivity contribution in [2.75, 3.05) is 13.1 Å². The van der Waals surface area contributed by atoms with E-state index in [1.165, 1.54) is 0 Å². The molecular weight excluding hydrogens is 352 g/mol. The molecule has 0 unspecified atom stereocenters. The van der Waals surface area contributed by atoms with Crippen LogP contribution < -0.4 is 4.74 Å². The highest BCUT2D eigenvalue weighted by Crippen LogP contribution is 2.20. The summed E-state index contributed by atoms with van der Waals surface area (Å²) in [7, 11) is 0. The predicted molar refractivity (Wildman–Crippen MR) is 107 cm³/mol. The molecule has 1 saturated heterocycles. The standard InChI is InChI=1S/C22H24N4O2/c1-16-15-17(2)26(24-16)19-5-3-18(4-6-19)22(27)25-13-9-21(10-14-25)28-20-7-11-23-12-8-20/h3-8,11-12,15,21H,9-10,13-14H2,1-2H3. The molecule has 1 aliphatic rings. The fraction of sp³-hybridized carbons (Fsp3) is 0.318. The SMILES string of the molecule is Cc1cc(C)n(-c2ccc(C(=O)N3CCC(Oc4ccncc4)CC3)cc2)n1. The van der Waals surface area contributed by atoms with Crippen LogP contribution in [-0.2, 0) is 0 Å². The van der Waals surface area contributed by atoms with Crippen molar-refractivity contribution in [1.29, 1.82) is 0 Å². The van der Waals surface area contributed by atoms with Gasteiger partial charge in [-0.15, -0.1) is 0 Å². The van der Waals surface area contributed by atoms with Gasteiger partial charge in [0.15, 0.2) is 0 Å². The van der Waals surface area contributed by atoms with Crippen LogP contribution in [0.5, 0.6) is 5.75 Å². The first kappa shape index (κ1) is 18.2. The molecule has 0 spiro atoms. The minimum Gasteiger partial charge on any atom is -0.490 e. The van der Waals surface area contributed by atoms with E-state index in [0.717, 1.165) is 35.7 Å². The molecule has 3 aromatic rings. The number of rotatable bonds is 4. The van der Waals surface area contributed by atoms with Crippen LogP contribution in [0.4, 0.5) is 0 Å². The molecule has 2 aromatic heterocycles. The summed E-state index contributed by atoms with van der Waals surface area (Å²) in [6.45, 7) is 5.41. The number of hydrogen-bond acceptors (Lipinski definition) is 4. The first-order valence-electron chi connectivity index (χ1n) is 9.60. The smallest absolute Gasteiger partial charge is 0.253 e. The number of likely N-dealkylation sites (tertiary alicyclic amines) is 1. The van der Waals surface area contributed by atoms with Gasteiger partial charge in [-0.25, -0.2) is 4.68 Å². The van der Waals surface area contributed by atoms with Crippen LogP contribution >= 0.6 is 0 Å². The van der Waals surface area contributed by atoms with E-state index in [2.05, 4.69) is 10.1 Å². The maximum atomic E-state index is 12.8. The van der Waals surface area contributed by atoms with Gasteiger partial charge in [0.1, 0.15) is 11.9 Å². The van der Waals surface area contributed by atoms with E-state index in [-0.39, 0.29) is 12.0 Å². The molecule has 0 bridgehead atoms. The van der Waals surface area contributed by atoms with Gasteiger partial charge in [-0.1, -0.05) is 0 Å². The number of nitrogens with zero attached hydrogens (tertiary/aromatic N) is 4. The fourth-order valence-electron chi connectivity index (χ4n) is 3.60. The average molecular weight is 376 g/mol. The lowest BCUT2D eigenvalue weighted by molar-refractivity contribution is 0.0595. The Kier molecular flexibility index (Phi) is 5.10. The summed E-state index contributed by atoms with van der Waals surface area (Å²) in [5.41, 5.74) is 3.73. The van der Waals surface area contributed by atoms with Crippen molar-refractivity contribution < 1.29 is 9.53 Å². The maximum absolute atomic E-state index is 12.8. The summed E-state index contributed by atoms with van der Waals surface area (Å²) >= 11 is 0. The quantitative estimate of drug-likeness (QED) is 0.698. The number of pyridine rings is 1. The van der Waals surface area contributed by atoms with Crippen LogP contribution in [0.1, 0.15) is 34.6 Å². The molecule has 4 rings (SSSR count). The zero-order valence-corrected chi connectivity index (χ0v) is 16.2. The highest BCUT2D eigenvalue weighted by atomic mass is 16.5.